The van der Waals surface area contributed by atoms with E-state index in [0.717, 1.165) is 0 Å². The maximum Gasteiger partial charge on any atom is 0.240 e. The molecule has 4 aromatic rings. The van der Waals surface area contributed by atoms with E-state index in [1.165, 1.54) is 23.0 Å². The molecular formula is C21H18ClF2N7O. The molecule has 1 aliphatic rings. The molecular weight excluding hydrogens is 440 g/mol. The van der Waals surface area contributed by atoms with Crippen LogP contribution in [-0.2, 0) is 18.4 Å². The quantitative estimate of drug-likeness (QED) is 0.479. The van der Waals surface area contributed by atoms with Gasteiger partial charge in [0.2, 0.25) is 11.7 Å². The number of hydrogen-bond donors (Lipinski definition) is 2. The van der Waals surface area contributed by atoms with E-state index in [2.05, 4.69) is 20.7 Å². The molecule has 0 saturated heterocycles. The van der Waals surface area contributed by atoms with Crippen molar-refractivity contribution < 1.29 is 13.6 Å². The molecule has 0 unspecified atom stereocenters. The Morgan fingerprint density at radius 1 is 1.25 bits per heavy atom. The summed E-state index contributed by atoms with van der Waals surface area (Å²) in [5.74, 6) is -1.06. The summed E-state index contributed by atoms with van der Waals surface area (Å²) < 4.78 is 30.5. The lowest BCUT2D eigenvalue weighted by Gasteiger charge is -2.13. The number of halogens is 3. The van der Waals surface area contributed by atoms with Crippen LogP contribution >= 0.6 is 11.6 Å². The first-order valence-electron chi connectivity index (χ1n) is 9.87. The predicted octanol–water partition coefficient (Wildman–Crippen LogP) is 2.86. The van der Waals surface area contributed by atoms with Crippen LogP contribution in [0.3, 0.4) is 0 Å². The molecule has 2 aromatic heterocycles. The van der Waals surface area contributed by atoms with Gasteiger partial charge >= 0.3 is 0 Å². The van der Waals surface area contributed by atoms with Crippen molar-refractivity contribution in [1.82, 2.24) is 30.1 Å². The van der Waals surface area contributed by atoms with Crippen molar-refractivity contribution in [2.45, 2.75) is 24.9 Å². The molecule has 0 radical (unpaired) electrons. The molecule has 1 saturated carbocycles. The lowest BCUT2D eigenvalue weighted by atomic mass is 10.1. The summed E-state index contributed by atoms with van der Waals surface area (Å²) in [6.07, 6.45) is 1.25. The Bertz CT molecular complexity index is 1380. The van der Waals surface area contributed by atoms with Crippen molar-refractivity contribution in [3.8, 4) is 17.2 Å². The highest BCUT2D eigenvalue weighted by Crippen LogP contribution is 2.39. The Labute approximate surface area is 185 Å². The van der Waals surface area contributed by atoms with Crippen molar-refractivity contribution in [2.24, 2.45) is 12.8 Å². The number of aromatic nitrogens is 5. The molecule has 8 nitrogen and oxygen atoms in total. The highest BCUT2D eigenvalue weighted by atomic mass is 35.5. The minimum atomic E-state index is -0.828. The summed E-state index contributed by atoms with van der Waals surface area (Å²) in [6, 6.07) is 8.71. The zero-order chi connectivity index (χ0) is 22.6. The van der Waals surface area contributed by atoms with Crippen molar-refractivity contribution in [1.29, 1.82) is 0 Å². The number of aryl methyl sites for hydroxylation is 1. The van der Waals surface area contributed by atoms with Crippen LogP contribution in [-0.4, -0.2) is 36.2 Å². The van der Waals surface area contributed by atoms with Gasteiger partial charge in [0.1, 0.15) is 17.3 Å². The van der Waals surface area contributed by atoms with E-state index in [4.69, 9.17) is 17.3 Å². The normalized spacial score (nSPS) is 14.7. The van der Waals surface area contributed by atoms with Crippen LogP contribution in [0.15, 0.2) is 36.4 Å². The summed E-state index contributed by atoms with van der Waals surface area (Å²) in [5, 5.41) is 15.4. The van der Waals surface area contributed by atoms with Gasteiger partial charge in [0.25, 0.3) is 0 Å². The molecule has 0 atom stereocenters. The molecule has 0 bridgehead atoms. The number of benzene rings is 2. The van der Waals surface area contributed by atoms with Crippen LogP contribution in [0.4, 0.5) is 8.78 Å². The minimum absolute atomic E-state index is 0.0147. The smallest absolute Gasteiger partial charge is 0.240 e. The van der Waals surface area contributed by atoms with Crippen molar-refractivity contribution in [3.05, 3.63) is 58.6 Å². The van der Waals surface area contributed by atoms with Crippen molar-refractivity contribution in [2.75, 3.05) is 0 Å². The average Bonchev–Trinajstić information content (AvgIpc) is 3.27. The van der Waals surface area contributed by atoms with Gasteiger partial charge in [0.15, 0.2) is 0 Å². The summed E-state index contributed by atoms with van der Waals surface area (Å²) in [6.45, 7) is 0.0147. The number of nitrogens with one attached hydrogen (secondary N) is 1. The first-order valence-corrected chi connectivity index (χ1v) is 10.2. The van der Waals surface area contributed by atoms with Gasteiger partial charge in [-0.05, 0) is 48.4 Å². The number of nitrogens with zero attached hydrogens (tertiary/aromatic N) is 5. The van der Waals surface area contributed by atoms with E-state index in [9.17, 15) is 13.6 Å². The van der Waals surface area contributed by atoms with E-state index < -0.39 is 17.2 Å². The first-order chi connectivity index (χ1) is 15.3. The average molecular weight is 458 g/mol. The molecule has 3 N–H and O–H groups in total. The fourth-order valence-electron chi connectivity index (χ4n) is 3.60. The van der Waals surface area contributed by atoms with Gasteiger partial charge in [-0.15, -0.1) is 10.2 Å². The summed E-state index contributed by atoms with van der Waals surface area (Å²) in [5.41, 5.74) is 6.69. The number of carbonyl (C=O) groups excluding carboxylic acids is 1. The van der Waals surface area contributed by atoms with Gasteiger partial charge in [-0.1, -0.05) is 17.7 Å². The second kappa shape index (κ2) is 7.35. The van der Waals surface area contributed by atoms with Crippen molar-refractivity contribution >= 4 is 28.4 Å². The van der Waals surface area contributed by atoms with Crippen LogP contribution in [0.5, 0.6) is 0 Å². The van der Waals surface area contributed by atoms with E-state index >= 15 is 0 Å². The maximum atomic E-state index is 15.0. The second-order valence-electron chi connectivity index (χ2n) is 7.88. The Morgan fingerprint density at radius 2 is 2.03 bits per heavy atom. The first kappa shape index (κ1) is 20.5. The van der Waals surface area contributed by atoms with Crippen LogP contribution < -0.4 is 11.1 Å². The third-order valence-electron chi connectivity index (χ3n) is 5.56. The zero-order valence-electron chi connectivity index (χ0n) is 16.9. The predicted molar refractivity (Wildman–Crippen MR) is 114 cm³/mol. The van der Waals surface area contributed by atoms with Gasteiger partial charge in [0.05, 0.1) is 23.1 Å². The molecule has 0 spiro atoms. The van der Waals surface area contributed by atoms with Gasteiger partial charge in [0, 0.05) is 23.2 Å². The Hall–Kier alpha value is -3.37. The molecule has 1 aliphatic carbocycles. The molecule has 2 heterocycles. The van der Waals surface area contributed by atoms with Crippen LogP contribution in [0, 0.1) is 11.6 Å². The summed E-state index contributed by atoms with van der Waals surface area (Å²) >= 11 is 6.57. The number of rotatable bonds is 5. The summed E-state index contributed by atoms with van der Waals surface area (Å²) in [7, 11) is 1.60. The molecule has 0 aliphatic heterocycles. The third kappa shape index (κ3) is 3.41. The topological polar surface area (TPSA) is 104 Å². The van der Waals surface area contributed by atoms with Crippen LogP contribution in [0.25, 0.3) is 28.1 Å². The molecule has 5 rings (SSSR count). The highest BCUT2D eigenvalue weighted by molar-refractivity contribution is 6.38. The number of tetrazole rings is 1. The van der Waals surface area contributed by atoms with Crippen LogP contribution in [0.1, 0.15) is 18.4 Å². The van der Waals surface area contributed by atoms with Gasteiger partial charge in [-0.2, -0.15) is 4.80 Å². The molecule has 2 aromatic carbocycles. The Morgan fingerprint density at radius 3 is 2.69 bits per heavy atom. The molecule has 1 amide bonds. The van der Waals surface area contributed by atoms with Crippen LogP contribution in [0.2, 0.25) is 5.02 Å². The van der Waals surface area contributed by atoms with Gasteiger partial charge in [-0.25, -0.2) is 8.78 Å². The van der Waals surface area contributed by atoms with E-state index in [0.29, 0.717) is 40.7 Å². The number of hydrogen-bond acceptors (Lipinski definition) is 5. The van der Waals surface area contributed by atoms with Gasteiger partial charge < -0.3 is 15.6 Å². The lowest BCUT2D eigenvalue weighted by molar-refractivity contribution is -0.123. The number of fused-ring (bicyclic) bond motifs is 1. The standard InChI is InChI=1S/C21H18ClF2N7O/c1-30-28-19(27-29-30)18-17(22)14-8-12(23)3-5-16(14)31(18)13-4-2-11(15(24)9-13)10-26-20(32)21(25)6-7-21/h2-5,8-9H,6-7,10,25H2,1H3,(H,26,32). The molecule has 32 heavy (non-hydrogen) atoms. The fraction of sp³-hybridized carbons (Fsp3) is 0.238. The third-order valence-corrected chi connectivity index (χ3v) is 5.95. The molecule has 11 heteroatoms. The lowest BCUT2D eigenvalue weighted by Crippen LogP contribution is -2.42. The monoisotopic (exact) mass is 457 g/mol. The number of carbonyl (C=O) groups is 1. The molecule has 164 valence electrons. The van der Waals surface area contributed by atoms with E-state index in [1.807, 2.05) is 0 Å². The van der Waals surface area contributed by atoms with Gasteiger partial charge in [-0.3, -0.25) is 4.79 Å². The van der Waals surface area contributed by atoms with E-state index in [1.54, 1.807) is 29.8 Å². The second-order valence-corrected chi connectivity index (χ2v) is 8.25. The number of amides is 1. The highest BCUT2D eigenvalue weighted by Gasteiger charge is 2.45. The largest absolute Gasteiger partial charge is 0.350 e. The van der Waals surface area contributed by atoms with Crippen molar-refractivity contribution in [3.63, 3.8) is 0 Å². The fourth-order valence-corrected chi connectivity index (χ4v) is 3.92. The zero-order valence-corrected chi connectivity index (χ0v) is 17.7. The molecule has 1 fully saturated rings. The Balaban J connectivity index is 1.58. The SMILES string of the molecule is Cn1nnc(-c2c(Cl)c3cc(F)ccc3n2-c2ccc(CNC(=O)C3(N)CC3)c(F)c2)n1. The number of nitrogens with two attached hydrogens (primary N) is 1. The maximum absolute atomic E-state index is 15.0. The summed E-state index contributed by atoms with van der Waals surface area (Å²) in [4.78, 5) is 13.3. The van der Waals surface area contributed by atoms with E-state index in [-0.39, 0.29) is 23.3 Å². The minimum Gasteiger partial charge on any atom is -0.350 e. The Kier molecular flexibility index (Phi) is 4.72.